The van der Waals surface area contributed by atoms with Crippen LogP contribution in [0.15, 0.2) is 39.6 Å². The maximum Gasteiger partial charge on any atom is 0.141 e. The van der Waals surface area contributed by atoms with Crippen molar-refractivity contribution in [3.05, 3.63) is 36.2 Å². The van der Waals surface area contributed by atoms with E-state index in [1.165, 1.54) is 0 Å². The number of rotatable bonds is 1. The normalized spacial score (nSPS) is 11.0. The van der Waals surface area contributed by atoms with E-state index in [0.29, 0.717) is 0 Å². The van der Waals surface area contributed by atoms with Crippen LogP contribution < -0.4 is 0 Å². The zero-order valence-corrected chi connectivity index (χ0v) is 8.10. The van der Waals surface area contributed by atoms with Gasteiger partial charge in [0.2, 0.25) is 0 Å². The first-order chi connectivity index (χ1) is 7.36. The molecule has 0 saturated heterocycles. The summed E-state index contributed by atoms with van der Waals surface area (Å²) in [4.78, 5) is 0. The fraction of sp³-hybridized carbons (Fsp3) is 0.0909. The molecule has 74 valence electrons. The lowest BCUT2D eigenvalue weighted by Gasteiger charge is -1.91. The highest BCUT2D eigenvalue weighted by atomic mass is 16.6. The van der Waals surface area contributed by atoms with E-state index in [0.717, 1.165) is 27.9 Å². The summed E-state index contributed by atoms with van der Waals surface area (Å²) < 4.78 is 10.1. The zero-order chi connectivity index (χ0) is 10.3. The molecule has 0 radical (unpaired) electrons. The molecule has 2 heterocycles. The van der Waals surface area contributed by atoms with Crippen molar-refractivity contribution < 1.29 is 9.05 Å². The molecule has 4 heteroatoms. The second kappa shape index (κ2) is 2.95. The molecule has 1 aromatic carbocycles. The number of para-hydroxylation sites is 1. The molecule has 0 aliphatic heterocycles. The standard InChI is InChI=1S/C11H8N2O2/c1-7-11(13-15-12-7)9-6-14-10-5-3-2-4-8(9)10/h2-6H,1H3. The molecule has 0 atom stereocenters. The van der Waals surface area contributed by atoms with E-state index in [1.54, 1.807) is 6.26 Å². The van der Waals surface area contributed by atoms with Crippen LogP contribution in [-0.2, 0) is 0 Å². The molecule has 0 aliphatic carbocycles. The number of aromatic nitrogens is 2. The molecule has 15 heavy (non-hydrogen) atoms. The van der Waals surface area contributed by atoms with E-state index < -0.39 is 0 Å². The van der Waals surface area contributed by atoms with Crippen molar-refractivity contribution >= 4 is 11.0 Å². The molecule has 0 N–H and O–H groups in total. The minimum atomic E-state index is 0.736. The van der Waals surface area contributed by atoms with E-state index in [-0.39, 0.29) is 0 Å². The molecule has 0 spiro atoms. The summed E-state index contributed by atoms with van der Waals surface area (Å²) in [6.07, 6.45) is 1.68. The van der Waals surface area contributed by atoms with E-state index in [2.05, 4.69) is 14.9 Å². The monoisotopic (exact) mass is 200 g/mol. The molecular weight excluding hydrogens is 192 g/mol. The maximum absolute atomic E-state index is 5.42. The lowest BCUT2D eigenvalue weighted by atomic mass is 10.1. The number of benzene rings is 1. The second-order valence-electron chi connectivity index (χ2n) is 3.34. The summed E-state index contributed by atoms with van der Waals surface area (Å²) in [5.74, 6) is 0. The predicted octanol–water partition coefficient (Wildman–Crippen LogP) is 2.79. The van der Waals surface area contributed by atoms with Crippen LogP contribution >= 0.6 is 0 Å². The first-order valence-corrected chi connectivity index (χ1v) is 4.62. The van der Waals surface area contributed by atoms with Gasteiger partial charge in [-0.05, 0) is 18.1 Å². The Hall–Kier alpha value is -2.10. The fourth-order valence-electron chi connectivity index (χ4n) is 1.64. The van der Waals surface area contributed by atoms with Gasteiger partial charge in [-0.2, -0.15) is 0 Å². The van der Waals surface area contributed by atoms with Gasteiger partial charge >= 0.3 is 0 Å². The Morgan fingerprint density at radius 1 is 1.13 bits per heavy atom. The van der Waals surface area contributed by atoms with Crippen LogP contribution in [0.3, 0.4) is 0 Å². The first kappa shape index (κ1) is 8.23. The summed E-state index contributed by atoms with van der Waals surface area (Å²) in [6, 6.07) is 7.80. The van der Waals surface area contributed by atoms with Gasteiger partial charge in [0.1, 0.15) is 23.2 Å². The van der Waals surface area contributed by atoms with Crippen molar-refractivity contribution in [2.45, 2.75) is 6.92 Å². The van der Waals surface area contributed by atoms with Gasteiger partial charge in [0.25, 0.3) is 0 Å². The van der Waals surface area contributed by atoms with Gasteiger partial charge in [0.15, 0.2) is 0 Å². The van der Waals surface area contributed by atoms with Gasteiger partial charge in [-0.25, -0.2) is 4.63 Å². The lowest BCUT2D eigenvalue weighted by molar-refractivity contribution is 0.306. The molecule has 0 amide bonds. The highest BCUT2D eigenvalue weighted by Crippen LogP contribution is 2.30. The Morgan fingerprint density at radius 3 is 2.80 bits per heavy atom. The summed E-state index contributed by atoms with van der Waals surface area (Å²) in [6.45, 7) is 1.85. The second-order valence-corrected chi connectivity index (χ2v) is 3.34. The molecule has 3 rings (SSSR count). The number of aryl methyl sites for hydroxylation is 1. The highest BCUT2D eigenvalue weighted by molar-refractivity contribution is 5.93. The Kier molecular flexibility index (Phi) is 1.62. The van der Waals surface area contributed by atoms with Crippen LogP contribution in [0.25, 0.3) is 22.2 Å². The van der Waals surface area contributed by atoms with Crippen LogP contribution in [0.4, 0.5) is 0 Å². The SMILES string of the molecule is Cc1nonc1-c1coc2ccccc12. The third-order valence-corrected chi connectivity index (χ3v) is 2.39. The van der Waals surface area contributed by atoms with Crippen LogP contribution in [0.2, 0.25) is 0 Å². The maximum atomic E-state index is 5.42. The topological polar surface area (TPSA) is 52.1 Å². The summed E-state index contributed by atoms with van der Waals surface area (Å²) in [7, 11) is 0. The number of furan rings is 1. The van der Waals surface area contributed by atoms with Crippen LogP contribution in [0.1, 0.15) is 5.69 Å². The average molecular weight is 200 g/mol. The van der Waals surface area contributed by atoms with Gasteiger partial charge in [0.05, 0.1) is 5.56 Å². The van der Waals surface area contributed by atoms with Gasteiger partial charge in [-0.15, -0.1) is 0 Å². The molecule has 0 aliphatic rings. The molecule has 2 aromatic heterocycles. The summed E-state index contributed by atoms with van der Waals surface area (Å²) >= 11 is 0. The largest absolute Gasteiger partial charge is 0.464 e. The van der Waals surface area contributed by atoms with Crippen molar-refractivity contribution in [1.82, 2.24) is 10.3 Å². The number of hydrogen-bond acceptors (Lipinski definition) is 4. The molecule has 0 fully saturated rings. The smallest absolute Gasteiger partial charge is 0.141 e. The lowest BCUT2D eigenvalue weighted by Crippen LogP contribution is -1.78. The third-order valence-electron chi connectivity index (χ3n) is 2.39. The van der Waals surface area contributed by atoms with E-state index in [9.17, 15) is 0 Å². The van der Waals surface area contributed by atoms with E-state index in [1.807, 2.05) is 31.2 Å². The molecule has 0 saturated carbocycles. The molecule has 4 nitrogen and oxygen atoms in total. The Balaban J connectivity index is 2.32. The Morgan fingerprint density at radius 2 is 2.00 bits per heavy atom. The van der Waals surface area contributed by atoms with Gasteiger partial charge in [-0.3, -0.25) is 0 Å². The quantitative estimate of drug-likeness (QED) is 0.606. The molecular formula is C11H8N2O2. The van der Waals surface area contributed by atoms with Crippen molar-refractivity contribution in [1.29, 1.82) is 0 Å². The minimum Gasteiger partial charge on any atom is -0.464 e. The predicted molar refractivity (Wildman–Crippen MR) is 54.2 cm³/mol. The number of nitrogens with zero attached hydrogens (tertiary/aromatic N) is 2. The van der Waals surface area contributed by atoms with Crippen molar-refractivity contribution in [3.8, 4) is 11.3 Å². The summed E-state index contributed by atoms with van der Waals surface area (Å²) in [5.41, 5.74) is 3.26. The summed E-state index contributed by atoms with van der Waals surface area (Å²) in [5, 5.41) is 8.64. The van der Waals surface area contributed by atoms with Gasteiger partial charge in [0, 0.05) is 5.39 Å². The van der Waals surface area contributed by atoms with Gasteiger partial charge in [-0.1, -0.05) is 23.4 Å². The van der Waals surface area contributed by atoms with Crippen LogP contribution in [-0.4, -0.2) is 10.3 Å². The van der Waals surface area contributed by atoms with Crippen LogP contribution in [0.5, 0.6) is 0 Å². The number of hydrogen-bond donors (Lipinski definition) is 0. The van der Waals surface area contributed by atoms with Crippen molar-refractivity contribution in [2.75, 3.05) is 0 Å². The van der Waals surface area contributed by atoms with Gasteiger partial charge < -0.3 is 4.42 Å². The fourth-order valence-corrected chi connectivity index (χ4v) is 1.64. The third kappa shape index (κ3) is 1.15. The molecule has 0 unspecified atom stereocenters. The molecule has 3 aromatic rings. The Labute approximate surface area is 85.5 Å². The van der Waals surface area contributed by atoms with Crippen molar-refractivity contribution in [3.63, 3.8) is 0 Å². The first-order valence-electron chi connectivity index (χ1n) is 4.62. The molecule has 0 bridgehead atoms. The van der Waals surface area contributed by atoms with Crippen LogP contribution in [0, 0.1) is 6.92 Å². The zero-order valence-electron chi connectivity index (χ0n) is 8.10. The highest BCUT2D eigenvalue weighted by Gasteiger charge is 2.13. The minimum absolute atomic E-state index is 0.736. The average Bonchev–Trinajstić information content (AvgIpc) is 2.83. The van der Waals surface area contributed by atoms with E-state index in [4.69, 9.17) is 4.42 Å². The Bertz CT molecular complexity index is 610. The van der Waals surface area contributed by atoms with E-state index >= 15 is 0 Å². The number of fused-ring (bicyclic) bond motifs is 1. The van der Waals surface area contributed by atoms with Crippen molar-refractivity contribution in [2.24, 2.45) is 0 Å².